The quantitative estimate of drug-likeness (QED) is 0.592. The molecule has 0 saturated carbocycles. The molecule has 0 spiro atoms. The lowest BCUT2D eigenvalue weighted by atomic mass is 10.1. The van der Waals surface area contributed by atoms with Crippen LogP contribution in [0.15, 0.2) is 53.4 Å². The maximum atomic E-state index is 12.6. The summed E-state index contributed by atoms with van der Waals surface area (Å²) in [5, 5.41) is 0.835. The molecule has 1 saturated heterocycles. The molecule has 2 aromatic carbocycles. The molecular formula is C23H24N4O4S. The number of hydrogen-bond donors (Lipinski definition) is 2. The van der Waals surface area contributed by atoms with Crippen molar-refractivity contribution >= 4 is 32.7 Å². The van der Waals surface area contributed by atoms with Crippen LogP contribution in [-0.2, 0) is 10.0 Å². The van der Waals surface area contributed by atoms with Crippen LogP contribution in [0.25, 0.3) is 10.9 Å². The Morgan fingerprint density at radius 2 is 1.56 bits per heavy atom. The Morgan fingerprint density at radius 1 is 0.906 bits per heavy atom. The molecule has 0 aliphatic carbocycles. The predicted octanol–water partition coefficient (Wildman–Crippen LogP) is 2.71. The zero-order valence-corrected chi connectivity index (χ0v) is 18.7. The molecule has 2 N–H and O–H groups in total. The van der Waals surface area contributed by atoms with Crippen LogP contribution in [0.1, 0.15) is 44.8 Å². The van der Waals surface area contributed by atoms with Crippen LogP contribution in [0.4, 0.5) is 0 Å². The topological polar surface area (TPSA) is 108 Å². The van der Waals surface area contributed by atoms with E-state index in [9.17, 15) is 18.0 Å². The number of aryl methyl sites for hydroxylation is 2. The van der Waals surface area contributed by atoms with E-state index in [0.29, 0.717) is 24.3 Å². The number of rotatable bonds is 4. The minimum atomic E-state index is -3.54. The van der Waals surface area contributed by atoms with Crippen LogP contribution in [-0.4, -0.2) is 42.6 Å². The SMILES string of the molecule is Cc1ccc2nc(C)c(C(=O)NNC(=O)c3ccc(S(=O)(=O)N4CCCC4)cc3)cc2c1. The lowest BCUT2D eigenvalue weighted by Gasteiger charge is -2.15. The van der Waals surface area contributed by atoms with E-state index >= 15 is 0 Å². The van der Waals surface area contributed by atoms with E-state index < -0.39 is 21.8 Å². The number of carbonyl (C=O) groups is 2. The van der Waals surface area contributed by atoms with Crippen molar-refractivity contribution in [1.29, 1.82) is 0 Å². The molecule has 2 heterocycles. The Kier molecular flexibility index (Phi) is 5.94. The average molecular weight is 453 g/mol. The number of hydrogen-bond acceptors (Lipinski definition) is 5. The number of hydrazine groups is 1. The number of amides is 2. The fraction of sp³-hybridized carbons (Fsp3) is 0.261. The molecule has 0 atom stereocenters. The van der Waals surface area contributed by atoms with Gasteiger partial charge in [0.15, 0.2) is 0 Å². The highest BCUT2D eigenvalue weighted by Gasteiger charge is 2.27. The van der Waals surface area contributed by atoms with Gasteiger partial charge in [-0.25, -0.2) is 8.42 Å². The normalized spacial score (nSPS) is 14.4. The minimum Gasteiger partial charge on any atom is -0.267 e. The molecular weight excluding hydrogens is 428 g/mol. The molecule has 166 valence electrons. The number of benzene rings is 2. The van der Waals surface area contributed by atoms with Gasteiger partial charge in [-0.15, -0.1) is 0 Å². The molecule has 1 fully saturated rings. The van der Waals surface area contributed by atoms with Crippen LogP contribution < -0.4 is 10.9 Å². The second kappa shape index (κ2) is 8.68. The summed E-state index contributed by atoms with van der Waals surface area (Å²) in [6.45, 7) is 4.72. The van der Waals surface area contributed by atoms with Crippen molar-refractivity contribution < 1.29 is 18.0 Å². The Labute approximate surface area is 186 Å². The molecule has 2 amide bonds. The van der Waals surface area contributed by atoms with Gasteiger partial charge >= 0.3 is 0 Å². The van der Waals surface area contributed by atoms with Crippen molar-refractivity contribution in [2.24, 2.45) is 0 Å². The third-order valence-corrected chi connectivity index (χ3v) is 7.43. The number of pyridine rings is 1. The molecule has 0 bridgehead atoms. The number of aromatic nitrogens is 1. The predicted molar refractivity (Wildman–Crippen MR) is 121 cm³/mol. The zero-order chi connectivity index (χ0) is 22.9. The van der Waals surface area contributed by atoms with Gasteiger partial charge in [0.2, 0.25) is 10.0 Å². The first-order valence-electron chi connectivity index (χ1n) is 10.3. The third-order valence-electron chi connectivity index (χ3n) is 5.51. The second-order valence-corrected chi connectivity index (χ2v) is 9.80. The van der Waals surface area contributed by atoms with Crippen LogP contribution in [0, 0.1) is 13.8 Å². The summed E-state index contributed by atoms with van der Waals surface area (Å²) in [7, 11) is -3.54. The Morgan fingerprint density at radius 3 is 2.25 bits per heavy atom. The van der Waals surface area contributed by atoms with Crippen LogP contribution in [0.2, 0.25) is 0 Å². The van der Waals surface area contributed by atoms with Crippen molar-refractivity contribution in [3.05, 3.63) is 70.9 Å². The third kappa shape index (κ3) is 4.35. The van der Waals surface area contributed by atoms with Gasteiger partial charge in [0, 0.05) is 24.0 Å². The molecule has 3 aromatic rings. The number of nitrogens with one attached hydrogen (secondary N) is 2. The number of carbonyl (C=O) groups excluding carboxylic acids is 2. The number of sulfonamides is 1. The summed E-state index contributed by atoms with van der Waals surface area (Å²) in [5.41, 5.74) is 7.75. The van der Waals surface area contributed by atoms with Crippen molar-refractivity contribution in [3.63, 3.8) is 0 Å². The van der Waals surface area contributed by atoms with Gasteiger partial charge in [-0.05, 0) is 69.2 Å². The maximum Gasteiger partial charge on any atom is 0.271 e. The van der Waals surface area contributed by atoms with E-state index in [4.69, 9.17) is 0 Å². The van der Waals surface area contributed by atoms with E-state index in [1.54, 1.807) is 13.0 Å². The van der Waals surface area contributed by atoms with Gasteiger partial charge in [0.1, 0.15) is 0 Å². The standard InChI is InChI=1S/C23H24N4O4S/c1-15-5-10-21-18(13-15)14-20(16(2)24-21)23(29)26-25-22(28)17-6-8-19(9-7-17)32(30,31)27-11-3-4-12-27/h5-10,13-14H,3-4,11-12H2,1-2H3,(H,25,28)(H,26,29). The van der Waals surface area contributed by atoms with E-state index in [1.165, 1.54) is 28.6 Å². The van der Waals surface area contributed by atoms with Gasteiger partial charge in [-0.1, -0.05) is 11.6 Å². The highest BCUT2D eigenvalue weighted by Crippen LogP contribution is 2.21. The largest absolute Gasteiger partial charge is 0.271 e. The molecule has 4 rings (SSSR count). The van der Waals surface area contributed by atoms with E-state index in [0.717, 1.165) is 29.3 Å². The van der Waals surface area contributed by atoms with Gasteiger partial charge in [-0.2, -0.15) is 4.31 Å². The smallest absolute Gasteiger partial charge is 0.267 e. The van der Waals surface area contributed by atoms with Crippen molar-refractivity contribution in [2.75, 3.05) is 13.1 Å². The number of nitrogens with zero attached hydrogens (tertiary/aromatic N) is 2. The van der Waals surface area contributed by atoms with Gasteiger partial charge in [-0.3, -0.25) is 25.4 Å². The van der Waals surface area contributed by atoms with Crippen molar-refractivity contribution in [3.8, 4) is 0 Å². The van der Waals surface area contributed by atoms with Gasteiger partial charge in [0.05, 0.1) is 21.7 Å². The summed E-state index contributed by atoms with van der Waals surface area (Å²) in [4.78, 5) is 29.7. The van der Waals surface area contributed by atoms with Gasteiger partial charge < -0.3 is 0 Å². The zero-order valence-electron chi connectivity index (χ0n) is 17.9. The molecule has 0 radical (unpaired) electrons. The minimum absolute atomic E-state index is 0.146. The first kappa shape index (κ1) is 21.9. The fourth-order valence-corrected chi connectivity index (χ4v) is 5.25. The first-order chi connectivity index (χ1) is 15.3. The molecule has 8 nitrogen and oxygen atoms in total. The second-order valence-electron chi connectivity index (χ2n) is 7.86. The summed E-state index contributed by atoms with van der Waals surface area (Å²) in [5.74, 6) is -1.04. The monoisotopic (exact) mass is 452 g/mol. The summed E-state index contributed by atoms with van der Waals surface area (Å²) in [6, 6.07) is 13.2. The lowest BCUT2D eigenvalue weighted by molar-refractivity contribution is 0.0846. The Balaban J connectivity index is 1.44. The average Bonchev–Trinajstić information content (AvgIpc) is 3.33. The van der Waals surface area contributed by atoms with Crippen molar-refractivity contribution in [1.82, 2.24) is 20.1 Å². The molecule has 0 unspecified atom stereocenters. The molecule has 1 aromatic heterocycles. The summed E-state index contributed by atoms with van der Waals surface area (Å²) >= 11 is 0. The van der Waals surface area contributed by atoms with Crippen molar-refractivity contribution in [2.45, 2.75) is 31.6 Å². The Bertz CT molecular complexity index is 1300. The lowest BCUT2D eigenvalue weighted by Crippen LogP contribution is -2.42. The number of fused-ring (bicyclic) bond motifs is 1. The van der Waals surface area contributed by atoms with Crippen LogP contribution in [0.5, 0.6) is 0 Å². The van der Waals surface area contributed by atoms with Crippen LogP contribution in [0.3, 0.4) is 0 Å². The highest BCUT2D eigenvalue weighted by atomic mass is 32.2. The fourth-order valence-electron chi connectivity index (χ4n) is 3.73. The first-order valence-corrected chi connectivity index (χ1v) is 11.8. The maximum absolute atomic E-state index is 12.6. The van der Waals surface area contributed by atoms with Crippen LogP contribution >= 0.6 is 0 Å². The molecule has 9 heteroatoms. The molecule has 1 aliphatic heterocycles. The summed E-state index contributed by atoms with van der Waals surface area (Å²) < 4.78 is 26.6. The van der Waals surface area contributed by atoms with E-state index in [2.05, 4.69) is 15.8 Å². The van der Waals surface area contributed by atoms with Gasteiger partial charge in [0.25, 0.3) is 11.8 Å². The Hall–Kier alpha value is -3.30. The molecule has 1 aliphatic rings. The summed E-state index contributed by atoms with van der Waals surface area (Å²) in [6.07, 6.45) is 1.70. The highest BCUT2D eigenvalue weighted by molar-refractivity contribution is 7.89. The molecule has 32 heavy (non-hydrogen) atoms. The van der Waals surface area contributed by atoms with E-state index in [1.807, 2.05) is 25.1 Å². The van der Waals surface area contributed by atoms with E-state index in [-0.39, 0.29) is 10.5 Å².